The Labute approximate surface area is 125 Å². The van der Waals surface area contributed by atoms with Crippen LogP contribution >= 0.6 is 11.3 Å². The van der Waals surface area contributed by atoms with Gasteiger partial charge in [0.15, 0.2) is 11.4 Å². The molecule has 21 heavy (non-hydrogen) atoms. The Balaban J connectivity index is 1.74. The van der Waals surface area contributed by atoms with E-state index < -0.39 is 6.10 Å². The first-order chi connectivity index (χ1) is 10.2. The lowest BCUT2D eigenvalue weighted by Crippen LogP contribution is -2.15. The molecule has 4 rings (SSSR count). The van der Waals surface area contributed by atoms with Crippen molar-refractivity contribution in [3.8, 4) is 0 Å². The highest BCUT2D eigenvalue weighted by Crippen LogP contribution is 2.43. The van der Waals surface area contributed by atoms with Crippen LogP contribution in [0.5, 0.6) is 0 Å². The Bertz CT molecular complexity index is 789. The summed E-state index contributed by atoms with van der Waals surface area (Å²) >= 11 is 1.75. The second kappa shape index (κ2) is 4.97. The third kappa shape index (κ3) is 2.10. The van der Waals surface area contributed by atoms with Gasteiger partial charge in [0, 0.05) is 16.2 Å². The van der Waals surface area contributed by atoms with Crippen molar-refractivity contribution in [3.05, 3.63) is 57.7 Å². The van der Waals surface area contributed by atoms with Gasteiger partial charge in [0.05, 0.1) is 0 Å². The molecule has 0 fully saturated rings. The number of rotatable bonds is 2. The predicted molar refractivity (Wildman–Crippen MR) is 81.1 cm³/mol. The maximum Gasteiger partial charge on any atom is 0.170 e. The SMILES string of the molecule is OC(c1cc2cccc(F)c2o1)C1CCCc2sccc21. The normalized spacial score (nSPS) is 19.6. The predicted octanol–water partition coefficient (Wildman–Crippen LogP) is 4.79. The summed E-state index contributed by atoms with van der Waals surface area (Å²) in [6.07, 6.45) is 2.38. The Kier molecular flexibility index (Phi) is 3.08. The number of aliphatic hydroxyl groups excluding tert-OH is 1. The smallest absolute Gasteiger partial charge is 0.170 e. The van der Waals surface area contributed by atoms with Crippen molar-refractivity contribution in [1.29, 1.82) is 0 Å². The molecule has 1 N–H and O–H groups in total. The van der Waals surface area contributed by atoms with Crippen molar-refractivity contribution in [2.75, 3.05) is 0 Å². The first kappa shape index (κ1) is 13.0. The lowest BCUT2D eigenvalue weighted by Gasteiger charge is -2.26. The number of hydrogen-bond donors (Lipinski definition) is 1. The van der Waals surface area contributed by atoms with Crippen LogP contribution in [0.15, 0.2) is 40.1 Å². The summed E-state index contributed by atoms with van der Waals surface area (Å²) in [6, 6.07) is 8.68. The molecule has 0 saturated heterocycles. The van der Waals surface area contributed by atoms with E-state index in [2.05, 4.69) is 11.4 Å². The summed E-state index contributed by atoms with van der Waals surface area (Å²) in [4.78, 5) is 1.35. The summed E-state index contributed by atoms with van der Waals surface area (Å²) < 4.78 is 19.3. The zero-order chi connectivity index (χ0) is 14.4. The van der Waals surface area contributed by atoms with E-state index in [-0.39, 0.29) is 17.3 Å². The molecular weight excluding hydrogens is 287 g/mol. The van der Waals surface area contributed by atoms with Gasteiger partial charge >= 0.3 is 0 Å². The average Bonchev–Trinajstić information content (AvgIpc) is 3.13. The molecule has 2 atom stereocenters. The standard InChI is InChI=1S/C17H15FO2S/c18-13-5-1-3-10-9-14(20-17(10)13)16(19)12-4-2-6-15-11(12)7-8-21-15/h1,3,5,7-9,12,16,19H,2,4,6H2. The quantitative estimate of drug-likeness (QED) is 0.738. The first-order valence-electron chi connectivity index (χ1n) is 7.16. The Morgan fingerprint density at radius 1 is 1.33 bits per heavy atom. The largest absolute Gasteiger partial charge is 0.455 e. The average molecular weight is 302 g/mol. The monoisotopic (exact) mass is 302 g/mol. The van der Waals surface area contributed by atoms with Gasteiger partial charge in [-0.15, -0.1) is 11.3 Å². The van der Waals surface area contributed by atoms with Gasteiger partial charge in [-0.3, -0.25) is 0 Å². The highest BCUT2D eigenvalue weighted by atomic mass is 32.1. The Hall–Kier alpha value is -1.65. The van der Waals surface area contributed by atoms with Gasteiger partial charge in [-0.25, -0.2) is 4.39 Å². The molecule has 2 heterocycles. The molecule has 2 nitrogen and oxygen atoms in total. The van der Waals surface area contributed by atoms with E-state index in [0.29, 0.717) is 11.1 Å². The number of benzene rings is 1. The number of thiophene rings is 1. The van der Waals surface area contributed by atoms with E-state index in [9.17, 15) is 9.50 Å². The lowest BCUT2D eigenvalue weighted by atomic mass is 9.83. The van der Waals surface area contributed by atoms with E-state index in [1.807, 2.05) is 0 Å². The fourth-order valence-electron chi connectivity index (χ4n) is 3.24. The topological polar surface area (TPSA) is 33.4 Å². The van der Waals surface area contributed by atoms with Gasteiger partial charge in [0.2, 0.25) is 0 Å². The third-order valence-electron chi connectivity index (χ3n) is 4.29. The lowest BCUT2D eigenvalue weighted by molar-refractivity contribution is 0.114. The van der Waals surface area contributed by atoms with Crippen molar-refractivity contribution in [3.63, 3.8) is 0 Å². The summed E-state index contributed by atoms with van der Waals surface area (Å²) in [7, 11) is 0. The van der Waals surface area contributed by atoms with Crippen molar-refractivity contribution < 1.29 is 13.9 Å². The molecule has 3 aromatic rings. The van der Waals surface area contributed by atoms with E-state index in [0.717, 1.165) is 19.3 Å². The maximum atomic E-state index is 13.7. The van der Waals surface area contributed by atoms with E-state index in [4.69, 9.17) is 4.42 Å². The minimum Gasteiger partial charge on any atom is -0.455 e. The highest BCUT2D eigenvalue weighted by molar-refractivity contribution is 7.10. The summed E-state index contributed by atoms with van der Waals surface area (Å²) in [5.74, 6) is 0.119. The van der Waals surface area contributed by atoms with Crippen LogP contribution in [0.1, 0.15) is 41.1 Å². The van der Waals surface area contributed by atoms with Crippen molar-refractivity contribution in [2.45, 2.75) is 31.3 Å². The number of furan rings is 1. The molecule has 2 aromatic heterocycles. The number of aliphatic hydroxyl groups is 1. The van der Waals surface area contributed by atoms with Gasteiger partial charge in [0.25, 0.3) is 0 Å². The molecule has 0 saturated carbocycles. The molecule has 1 aromatic carbocycles. The van der Waals surface area contributed by atoms with Gasteiger partial charge < -0.3 is 9.52 Å². The molecule has 108 valence electrons. The van der Waals surface area contributed by atoms with E-state index in [1.54, 1.807) is 29.5 Å². The van der Waals surface area contributed by atoms with Crippen LogP contribution in [0.2, 0.25) is 0 Å². The maximum absolute atomic E-state index is 13.7. The fourth-order valence-corrected chi connectivity index (χ4v) is 4.24. The molecule has 2 unspecified atom stereocenters. The minimum absolute atomic E-state index is 0.0450. The summed E-state index contributed by atoms with van der Waals surface area (Å²) in [6.45, 7) is 0. The number of aryl methyl sites for hydroxylation is 1. The van der Waals surface area contributed by atoms with Crippen LogP contribution in [-0.4, -0.2) is 5.11 Å². The minimum atomic E-state index is -0.717. The van der Waals surface area contributed by atoms with E-state index >= 15 is 0 Å². The molecule has 1 aliphatic rings. The highest BCUT2D eigenvalue weighted by Gasteiger charge is 2.30. The van der Waals surface area contributed by atoms with Crippen LogP contribution in [0.25, 0.3) is 11.0 Å². The molecule has 0 aliphatic heterocycles. The van der Waals surface area contributed by atoms with E-state index in [1.165, 1.54) is 16.5 Å². The molecule has 0 radical (unpaired) electrons. The zero-order valence-electron chi connectivity index (χ0n) is 11.4. The molecule has 0 bridgehead atoms. The second-order valence-electron chi connectivity index (χ2n) is 5.55. The van der Waals surface area contributed by atoms with Crippen LogP contribution in [-0.2, 0) is 6.42 Å². The number of fused-ring (bicyclic) bond motifs is 2. The second-order valence-corrected chi connectivity index (χ2v) is 6.55. The number of halogens is 1. The van der Waals surface area contributed by atoms with Gasteiger partial charge in [-0.05, 0) is 48.4 Å². The van der Waals surface area contributed by atoms with Gasteiger partial charge in [-0.1, -0.05) is 12.1 Å². The van der Waals surface area contributed by atoms with Crippen LogP contribution in [0, 0.1) is 5.82 Å². The first-order valence-corrected chi connectivity index (χ1v) is 8.04. The van der Waals surface area contributed by atoms with Crippen LogP contribution < -0.4 is 0 Å². The molecule has 1 aliphatic carbocycles. The zero-order valence-corrected chi connectivity index (χ0v) is 12.2. The van der Waals surface area contributed by atoms with Crippen molar-refractivity contribution >= 4 is 22.3 Å². The Morgan fingerprint density at radius 3 is 3.10 bits per heavy atom. The summed E-state index contributed by atoms with van der Waals surface area (Å²) in [5, 5.41) is 13.5. The van der Waals surface area contributed by atoms with Crippen molar-refractivity contribution in [2.24, 2.45) is 0 Å². The van der Waals surface area contributed by atoms with Crippen LogP contribution in [0.4, 0.5) is 4.39 Å². The van der Waals surface area contributed by atoms with Gasteiger partial charge in [-0.2, -0.15) is 0 Å². The molecule has 0 spiro atoms. The third-order valence-corrected chi connectivity index (χ3v) is 5.28. The molecule has 0 amide bonds. The molecule has 4 heteroatoms. The fraction of sp³-hybridized carbons (Fsp3) is 0.294. The van der Waals surface area contributed by atoms with Crippen molar-refractivity contribution in [1.82, 2.24) is 0 Å². The number of hydrogen-bond acceptors (Lipinski definition) is 3. The van der Waals surface area contributed by atoms with Crippen LogP contribution in [0.3, 0.4) is 0 Å². The Morgan fingerprint density at radius 2 is 2.24 bits per heavy atom. The van der Waals surface area contributed by atoms with Gasteiger partial charge in [0.1, 0.15) is 11.9 Å². The summed E-state index contributed by atoms with van der Waals surface area (Å²) in [5.41, 5.74) is 1.45. The molecular formula is C17H15FO2S. The number of para-hydroxylation sites is 1.